The molecular weight excluding hydrogens is 367 g/mol. The number of rotatable bonds is 4. The smallest absolute Gasteiger partial charge is 0.275 e. The molecule has 6 nitrogen and oxygen atoms in total. The zero-order chi connectivity index (χ0) is 18.6. The predicted octanol–water partition coefficient (Wildman–Crippen LogP) is 3.43. The number of nitrogens with one attached hydrogen (secondary N) is 1. The number of hydrogen-bond donors (Lipinski definition) is 1. The van der Waals surface area contributed by atoms with E-state index in [9.17, 15) is 9.18 Å². The molecule has 1 amide bonds. The van der Waals surface area contributed by atoms with Crippen LogP contribution in [0.2, 0.25) is 0 Å². The van der Waals surface area contributed by atoms with Crippen LogP contribution in [-0.2, 0) is 4.74 Å². The Balaban J connectivity index is 1.46. The first-order chi connectivity index (χ1) is 13.2. The lowest BCUT2D eigenvalue weighted by Crippen LogP contribution is -2.36. The number of nitrogens with zero attached hydrogens (tertiary/aromatic N) is 3. The van der Waals surface area contributed by atoms with Crippen molar-refractivity contribution in [3.8, 4) is 10.6 Å². The van der Waals surface area contributed by atoms with Gasteiger partial charge in [-0.15, -0.1) is 11.3 Å². The van der Waals surface area contributed by atoms with Crippen molar-refractivity contribution in [2.24, 2.45) is 0 Å². The van der Waals surface area contributed by atoms with Crippen LogP contribution in [0.1, 0.15) is 10.5 Å². The van der Waals surface area contributed by atoms with Gasteiger partial charge in [-0.05, 0) is 30.3 Å². The maximum atomic E-state index is 13.2. The number of benzene rings is 1. The molecule has 1 N–H and O–H groups in total. The molecule has 2 aromatic heterocycles. The highest BCUT2D eigenvalue weighted by Gasteiger charge is 2.15. The van der Waals surface area contributed by atoms with Crippen molar-refractivity contribution in [3.63, 3.8) is 0 Å². The molecule has 0 spiro atoms. The van der Waals surface area contributed by atoms with E-state index in [1.54, 1.807) is 23.7 Å². The third kappa shape index (κ3) is 4.12. The van der Waals surface area contributed by atoms with Gasteiger partial charge in [0, 0.05) is 35.9 Å². The van der Waals surface area contributed by atoms with E-state index in [0.29, 0.717) is 23.9 Å². The summed E-state index contributed by atoms with van der Waals surface area (Å²) < 4.78 is 18.6. The van der Waals surface area contributed by atoms with Crippen LogP contribution in [0.5, 0.6) is 0 Å². The van der Waals surface area contributed by atoms with Crippen LogP contribution in [0.25, 0.3) is 10.6 Å². The lowest BCUT2D eigenvalue weighted by Gasteiger charge is -2.27. The highest BCUT2D eigenvalue weighted by molar-refractivity contribution is 7.13. The Morgan fingerprint density at radius 1 is 1.22 bits per heavy atom. The second-order valence-electron chi connectivity index (χ2n) is 6.01. The minimum atomic E-state index is -0.404. The van der Waals surface area contributed by atoms with Crippen LogP contribution in [0, 0.1) is 5.82 Å². The van der Waals surface area contributed by atoms with Crippen LogP contribution >= 0.6 is 11.3 Å². The summed E-state index contributed by atoms with van der Waals surface area (Å²) in [6, 6.07) is 9.66. The number of amides is 1. The van der Waals surface area contributed by atoms with Gasteiger partial charge in [-0.1, -0.05) is 6.07 Å². The summed E-state index contributed by atoms with van der Waals surface area (Å²) >= 11 is 1.37. The summed E-state index contributed by atoms with van der Waals surface area (Å²) in [5.74, 6) is 0.127. The highest BCUT2D eigenvalue weighted by atomic mass is 32.1. The van der Waals surface area contributed by atoms with Gasteiger partial charge in [-0.3, -0.25) is 4.79 Å². The number of anilines is 2. The van der Waals surface area contributed by atoms with Crippen molar-refractivity contribution in [3.05, 3.63) is 59.5 Å². The van der Waals surface area contributed by atoms with Gasteiger partial charge in [0.1, 0.15) is 22.3 Å². The predicted molar refractivity (Wildman–Crippen MR) is 103 cm³/mol. The molecule has 0 radical (unpaired) electrons. The van der Waals surface area contributed by atoms with E-state index in [-0.39, 0.29) is 11.6 Å². The van der Waals surface area contributed by atoms with Crippen LogP contribution in [-0.4, -0.2) is 42.2 Å². The Morgan fingerprint density at radius 2 is 2.07 bits per heavy atom. The van der Waals surface area contributed by atoms with Gasteiger partial charge >= 0.3 is 0 Å². The number of morpholine rings is 1. The van der Waals surface area contributed by atoms with Gasteiger partial charge in [0.05, 0.1) is 13.2 Å². The average molecular weight is 384 g/mol. The summed E-state index contributed by atoms with van der Waals surface area (Å²) in [7, 11) is 0. The normalized spacial score (nSPS) is 14.2. The molecule has 8 heteroatoms. The topological polar surface area (TPSA) is 67.4 Å². The first-order valence-electron chi connectivity index (χ1n) is 8.50. The highest BCUT2D eigenvalue weighted by Crippen LogP contribution is 2.25. The van der Waals surface area contributed by atoms with Crippen LogP contribution in [0.15, 0.2) is 48.0 Å². The summed E-state index contributed by atoms with van der Waals surface area (Å²) in [4.78, 5) is 23.4. The lowest BCUT2D eigenvalue weighted by atomic mass is 10.2. The molecule has 1 aromatic carbocycles. The van der Waals surface area contributed by atoms with Crippen molar-refractivity contribution in [2.45, 2.75) is 0 Å². The molecule has 0 bridgehead atoms. The molecule has 0 unspecified atom stereocenters. The number of aromatic nitrogens is 2. The average Bonchev–Trinajstić information content (AvgIpc) is 3.19. The largest absolute Gasteiger partial charge is 0.378 e. The maximum absolute atomic E-state index is 13.2. The molecule has 3 aromatic rings. The number of ether oxygens (including phenoxy) is 1. The second kappa shape index (κ2) is 7.81. The van der Waals surface area contributed by atoms with Gasteiger partial charge in [-0.2, -0.15) is 0 Å². The van der Waals surface area contributed by atoms with E-state index >= 15 is 0 Å². The van der Waals surface area contributed by atoms with Gasteiger partial charge in [0.25, 0.3) is 5.91 Å². The number of halogens is 1. The van der Waals surface area contributed by atoms with Crippen molar-refractivity contribution < 1.29 is 13.9 Å². The quantitative estimate of drug-likeness (QED) is 0.746. The second-order valence-corrected chi connectivity index (χ2v) is 6.86. The summed E-state index contributed by atoms with van der Waals surface area (Å²) in [6.07, 6.45) is 1.76. The fraction of sp³-hybridized carbons (Fsp3) is 0.211. The zero-order valence-corrected chi connectivity index (χ0v) is 15.2. The van der Waals surface area contributed by atoms with E-state index < -0.39 is 5.82 Å². The van der Waals surface area contributed by atoms with Crippen LogP contribution < -0.4 is 10.2 Å². The standard InChI is InChI=1S/C19H17FN4O2S/c20-14-2-1-3-15(10-14)22-18(25)16-12-27-19(23-16)13-4-5-17(21-11-13)24-6-8-26-9-7-24/h1-5,10-12H,6-9H2,(H,22,25). The summed E-state index contributed by atoms with van der Waals surface area (Å²) in [5, 5.41) is 5.04. The molecule has 0 aliphatic carbocycles. The Morgan fingerprint density at radius 3 is 2.81 bits per heavy atom. The third-order valence-corrected chi connectivity index (χ3v) is 5.04. The minimum Gasteiger partial charge on any atom is -0.378 e. The fourth-order valence-electron chi connectivity index (χ4n) is 2.76. The molecule has 1 fully saturated rings. The Labute approximate surface area is 159 Å². The van der Waals surface area contributed by atoms with E-state index in [0.717, 1.165) is 24.5 Å². The number of carbonyl (C=O) groups excluding carboxylic acids is 1. The van der Waals surface area contributed by atoms with Gasteiger partial charge < -0.3 is 15.0 Å². The van der Waals surface area contributed by atoms with Crippen molar-refractivity contribution in [1.29, 1.82) is 0 Å². The maximum Gasteiger partial charge on any atom is 0.275 e. The first-order valence-corrected chi connectivity index (χ1v) is 9.38. The van der Waals surface area contributed by atoms with E-state index in [1.165, 1.54) is 23.5 Å². The Hall–Kier alpha value is -2.84. The number of pyridine rings is 1. The van der Waals surface area contributed by atoms with Crippen molar-refractivity contribution in [2.75, 3.05) is 36.5 Å². The molecule has 3 heterocycles. The molecular formula is C19H17FN4O2S. The monoisotopic (exact) mass is 384 g/mol. The minimum absolute atomic E-state index is 0.288. The Kier molecular flexibility index (Phi) is 5.08. The van der Waals surface area contributed by atoms with Gasteiger partial charge in [-0.25, -0.2) is 14.4 Å². The van der Waals surface area contributed by atoms with Gasteiger partial charge in [0.2, 0.25) is 0 Å². The van der Waals surface area contributed by atoms with E-state index in [1.807, 2.05) is 12.1 Å². The molecule has 138 valence electrons. The molecule has 1 aliphatic heterocycles. The number of carbonyl (C=O) groups is 1. The SMILES string of the molecule is O=C(Nc1cccc(F)c1)c1csc(-c2ccc(N3CCOCC3)nc2)n1. The summed E-state index contributed by atoms with van der Waals surface area (Å²) in [5.41, 5.74) is 1.53. The van der Waals surface area contributed by atoms with Gasteiger partial charge in [0.15, 0.2) is 0 Å². The first kappa shape index (κ1) is 17.6. The van der Waals surface area contributed by atoms with Crippen molar-refractivity contribution in [1.82, 2.24) is 9.97 Å². The molecule has 0 saturated carbocycles. The van der Waals surface area contributed by atoms with E-state index in [2.05, 4.69) is 20.2 Å². The Bertz CT molecular complexity index is 939. The molecule has 1 aliphatic rings. The summed E-state index contributed by atoms with van der Waals surface area (Å²) in [6.45, 7) is 3.07. The molecule has 27 heavy (non-hydrogen) atoms. The molecule has 0 atom stereocenters. The fourth-order valence-corrected chi connectivity index (χ4v) is 3.55. The lowest BCUT2D eigenvalue weighted by molar-refractivity contribution is 0.102. The van der Waals surface area contributed by atoms with Crippen LogP contribution in [0.3, 0.4) is 0 Å². The number of hydrogen-bond acceptors (Lipinski definition) is 6. The zero-order valence-electron chi connectivity index (χ0n) is 14.4. The number of thiazole rings is 1. The van der Waals surface area contributed by atoms with Crippen molar-refractivity contribution >= 4 is 28.7 Å². The van der Waals surface area contributed by atoms with Crippen LogP contribution in [0.4, 0.5) is 15.9 Å². The van der Waals surface area contributed by atoms with E-state index in [4.69, 9.17) is 4.74 Å². The molecule has 1 saturated heterocycles. The molecule has 4 rings (SSSR count). The third-order valence-electron chi connectivity index (χ3n) is 4.15.